The van der Waals surface area contributed by atoms with Gasteiger partial charge in [-0.2, -0.15) is 0 Å². The van der Waals surface area contributed by atoms with Crippen LogP contribution < -0.4 is 0 Å². The van der Waals surface area contributed by atoms with Crippen molar-refractivity contribution < 1.29 is 14.0 Å². The Morgan fingerprint density at radius 3 is 2.12 bits per heavy atom. The van der Waals surface area contributed by atoms with E-state index in [-0.39, 0.29) is 5.97 Å². The van der Waals surface area contributed by atoms with Crippen LogP contribution in [0.25, 0.3) is 0 Å². The van der Waals surface area contributed by atoms with Crippen molar-refractivity contribution in [3.63, 3.8) is 0 Å². The fraction of sp³-hybridized carbons (Fsp3) is 0.667. The second-order valence-electron chi connectivity index (χ2n) is 7.43. The average molecular weight is 335 g/mol. The van der Waals surface area contributed by atoms with Crippen LogP contribution in [0.2, 0.25) is 0 Å². The number of hydrogen-bond acceptors (Lipinski definition) is 2. The van der Waals surface area contributed by atoms with Crippen LogP contribution in [0.4, 0.5) is 0 Å². The second kappa shape index (κ2) is 12.1. The molecular weight excluding hydrogens is 298 g/mol. The Bertz CT molecular complexity index is 442. The number of unbranched alkanes of at least 4 members (excludes halogenated alkanes) is 7. The van der Waals surface area contributed by atoms with Crippen molar-refractivity contribution in [1.82, 2.24) is 0 Å². The van der Waals surface area contributed by atoms with Crippen molar-refractivity contribution in [1.29, 1.82) is 0 Å². The highest BCUT2D eigenvalue weighted by molar-refractivity contribution is 5.70. The van der Waals surface area contributed by atoms with Gasteiger partial charge in [0.2, 0.25) is 0 Å². The number of likely N-dealkylation sites (N-methyl/N-ethyl adjacent to an activating group) is 1. The molecule has 0 saturated carbocycles. The molecule has 0 spiro atoms. The Morgan fingerprint density at radius 2 is 1.50 bits per heavy atom. The first-order chi connectivity index (χ1) is 11.5. The fourth-order valence-electron chi connectivity index (χ4n) is 2.95. The molecule has 0 radical (unpaired) electrons. The molecule has 136 valence electrons. The summed E-state index contributed by atoms with van der Waals surface area (Å²) in [6, 6.07) is 10.3. The molecule has 0 fully saturated rings. The van der Waals surface area contributed by atoms with Crippen LogP contribution in [0.3, 0.4) is 0 Å². The molecule has 0 amide bonds. The first kappa shape index (κ1) is 20.7. The summed E-state index contributed by atoms with van der Waals surface area (Å²) in [6.07, 6.45) is 10.1. The number of quaternary nitrogens is 1. The molecule has 0 aliphatic heterocycles. The number of rotatable bonds is 13. The number of ether oxygens (including phenoxy) is 1. The molecule has 0 aliphatic carbocycles. The molecule has 3 heteroatoms. The third kappa shape index (κ3) is 10.4. The van der Waals surface area contributed by atoms with Gasteiger partial charge in [0.15, 0.2) is 6.54 Å². The van der Waals surface area contributed by atoms with Crippen molar-refractivity contribution in [3.05, 3.63) is 35.9 Å². The average Bonchev–Trinajstić information content (AvgIpc) is 2.53. The van der Waals surface area contributed by atoms with Crippen molar-refractivity contribution in [2.45, 2.75) is 64.8 Å². The summed E-state index contributed by atoms with van der Waals surface area (Å²) >= 11 is 0. The summed E-state index contributed by atoms with van der Waals surface area (Å²) in [7, 11) is 4.15. The SMILES string of the molecule is CCCCCCCCCCOC(=O)C[N+](C)(C)Cc1ccccc1. The Labute approximate surface area is 148 Å². The van der Waals surface area contributed by atoms with Crippen LogP contribution in [0.5, 0.6) is 0 Å². The molecule has 0 atom stereocenters. The number of carbonyl (C=O) groups is 1. The molecule has 24 heavy (non-hydrogen) atoms. The summed E-state index contributed by atoms with van der Waals surface area (Å²) in [5.74, 6) is -0.0844. The molecule has 0 bridgehead atoms. The zero-order valence-electron chi connectivity index (χ0n) is 15.9. The minimum atomic E-state index is -0.0844. The molecule has 0 saturated heterocycles. The van der Waals surface area contributed by atoms with Crippen molar-refractivity contribution >= 4 is 5.97 Å². The largest absolute Gasteiger partial charge is 0.462 e. The maximum Gasteiger partial charge on any atom is 0.361 e. The number of hydrogen-bond donors (Lipinski definition) is 0. The Hall–Kier alpha value is -1.35. The van der Waals surface area contributed by atoms with Gasteiger partial charge in [-0.1, -0.05) is 82.2 Å². The summed E-state index contributed by atoms with van der Waals surface area (Å²) in [6.45, 7) is 4.08. The number of nitrogens with zero attached hydrogens (tertiary/aromatic N) is 1. The third-order valence-electron chi connectivity index (χ3n) is 4.27. The van der Waals surface area contributed by atoms with E-state index < -0.39 is 0 Å². The van der Waals surface area contributed by atoms with E-state index in [2.05, 4.69) is 33.2 Å². The molecule has 3 nitrogen and oxygen atoms in total. The lowest BCUT2D eigenvalue weighted by atomic mass is 10.1. The highest BCUT2D eigenvalue weighted by Gasteiger charge is 2.21. The van der Waals surface area contributed by atoms with Crippen molar-refractivity contribution in [2.75, 3.05) is 27.2 Å². The minimum Gasteiger partial charge on any atom is -0.462 e. The van der Waals surface area contributed by atoms with Crippen LogP contribution in [0.1, 0.15) is 63.9 Å². The Morgan fingerprint density at radius 1 is 0.917 bits per heavy atom. The fourth-order valence-corrected chi connectivity index (χ4v) is 2.95. The van der Waals surface area contributed by atoms with E-state index in [0.29, 0.717) is 17.6 Å². The number of esters is 1. The van der Waals surface area contributed by atoms with E-state index in [1.807, 2.05) is 18.2 Å². The summed E-state index contributed by atoms with van der Waals surface area (Å²) in [5.41, 5.74) is 1.25. The molecule has 0 unspecified atom stereocenters. The molecule has 0 aromatic heterocycles. The maximum atomic E-state index is 12.0. The predicted molar refractivity (Wildman–Crippen MR) is 101 cm³/mol. The predicted octanol–water partition coefficient (Wildman–Crippen LogP) is 4.95. The number of carbonyl (C=O) groups excluding carboxylic acids is 1. The second-order valence-corrected chi connectivity index (χ2v) is 7.43. The monoisotopic (exact) mass is 334 g/mol. The zero-order chi connectivity index (χ0) is 17.7. The standard InChI is InChI=1S/C21H36NO2/c1-4-5-6-7-8-9-10-14-17-24-21(23)19-22(2,3)18-20-15-12-11-13-16-20/h11-13,15-16H,4-10,14,17-19H2,1-3H3/q+1. The molecule has 0 N–H and O–H groups in total. The summed E-state index contributed by atoms with van der Waals surface area (Å²) in [4.78, 5) is 12.0. The van der Waals surface area contributed by atoms with E-state index in [1.165, 1.54) is 50.5 Å². The topological polar surface area (TPSA) is 26.3 Å². The van der Waals surface area contributed by atoms with E-state index in [0.717, 1.165) is 13.0 Å². The Kier molecular flexibility index (Phi) is 10.4. The molecule has 0 aliphatic rings. The van der Waals surface area contributed by atoms with Crippen molar-refractivity contribution in [3.8, 4) is 0 Å². The highest BCUT2D eigenvalue weighted by Crippen LogP contribution is 2.10. The Balaban J connectivity index is 2.08. The maximum absolute atomic E-state index is 12.0. The molecular formula is C21H36NO2+. The lowest BCUT2D eigenvalue weighted by molar-refractivity contribution is -0.896. The highest BCUT2D eigenvalue weighted by atomic mass is 16.5. The molecule has 1 rings (SSSR count). The van der Waals surface area contributed by atoms with E-state index >= 15 is 0 Å². The van der Waals surface area contributed by atoms with Crippen LogP contribution in [0, 0.1) is 0 Å². The van der Waals surface area contributed by atoms with Gasteiger partial charge in [0.05, 0.1) is 20.7 Å². The molecule has 1 aromatic carbocycles. The third-order valence-corrected chi connectivity index (χ3v) is 4.27. The van der Waals surface area contributed by atoms with Gasteiger partial charge in [-0.05, 0) is 6.42 Å². The van der Waals surface area contributed by atoms with Gasteiger partial charge in [-0.3, -0.25) is 0 Å². The normalized spacial score (nSPS) is 11.5. The van der Waals surface area contributed by atoms with Gasteiger partial charge in [0, 0.05) is 5.56 Å². The lowest BCUT2D eigenvalue weighted by Gasteiger charge is -2.28. The van der Waals surface area contributed by atoms with Gasteiger partial charge in [0.1, 0.15) is 6.54 Å². The van der Waals surface area contributed by atoms with Crippen LogP contribution >= 0.6 is 0 Å². The van der Waals surface area contributed by atoms with Crippen molar-refractivity contribution in [2.24, 2.45) is 0 Å². The van der Waals surface area contributed by atoms with Crippen LogP contribution in [0.15, 0.2) is 30.3 Å². The summed E-state index contributed by atoms with van der Waals surface area (Å²) < 4.78 is 6.03. The molecule has 0 heterocycles. The lowest BCUT2D eigenvalue weighted by Crippen LogP contribution is -2.43. The summed E-state index contributed by atoms with van der Waals surface area (Å²) in [5, 5.41) is 0. The van der Waals surface area contributed by atoms with Crippen LogP contribution in [-0.2, 0) is 16.1 Å². The smallest absolute Gasteiger partial charge is 0.361 e. The minimum absolute atomic E-state index is 0.0844. The molecule has 1 aromatic rings. The first-order valence-electron chi connectivity index (χ1n) is 9.55. The van der Waals surface area contributed by atoms with Gasteiger partial charge >= 0.3 is 5.97 Å². The van der Waals surface area contributed by atoms with Gasteiger partial charge in [-0.25, -0.2) is 4.79 Å². The number of benzene rings is 1. The quantitative estimate of drug-likeness (QED) is 0.290. The van der Waals surface area contributed by atoms with E-state index in [4.69, 9.17) is 4.74 Å². The first-order valence-corrected chi connectivity index (χ1v) is 9.55. The van der Waals surface area contributed by atoms with Gasteiger partial charge < -0.3 is 9.22 Å². The van der Waals surface area contributed by atoms with E-state index in [9.17, 15) is 4.79 Å². The van der Waals surface area contributed by atoms with E-state index in [1.54, 1.807) is 0 Å². The van der Waals surface area contributed by atoms with Crippen LogP contribution in [-0.4, -0.2) is 37.7 Å². The van der Waals surface area contributed by atoms with Gasteiger partial charge in [0.25, 0.3) is 0 Å². The van der Waals surface area contributed by atoms with Gasteiger partial charge in [-0.15, -0.1) is 0 Å². The zero-order valence-corrected chi connectivity index (χ0v) is 15.9.